The van der Waals surface area contributed by atoms with Crippen LogP contribution >= 0.6 is 0 Å². The summed E-state index contributed by atoms with van der Waals surface area (Å²) in [5, 5.41) is 28.7. The first-order chi connectivity index (χ1) is 27.2. The molecule has 0 aliphatic heterocycles. The lowest BCUT2D eigenvalue weighted by Gasteiger charge is -2.18. The van der Waals surface area contributed by atoms with Gasteiger partial charge in [-0.1, -0.05) is 127 Å². The Bertz CT molecular complexity index is 3370. The molecule has 0 amide bonds. The minimum absolute atomic E-state index is 0.421. The van der Waals surface area contributed by atoms with Gasteiger partial charge in [-0.2, -0.15) is 10.5 Å². The Morgan fingerprint density at radius 1 is 0.327 bits per heavy atom. The molecule has 0 radical (unpaired) electrons. The summed E-state index contributed by atoms with van der Waals surface area (Å²) in [4.78, 5) is 0. The van der Waals surface area contributed by atoms with Crippen molar-refractivity contribution < 1.29 is 0 Å². The number of hydrogen-bond acceptors (Lipinski definition) is 2. The molecular weight excluding hydrogens is 671 g/mol. The maximum atomic E-state index is 11.0. The number of hydrogen-bond donors (Lipinski definition) is 0. The van der Waals surface area contributed by atoms with Crippen LogP contribution < -0.4 is 0 Å². The van der Waals surface area contributed by atoms with Gasteiger partial charge in [-0.25, -0.2) is 0 Å². The maximum absolute atomic E-state index is 11.0. The average Bonchev–Trinajstić information content (AvgIpc) is 3.89. The van der Waals surface area contributed by atoms with Gasteiger partial charge in [0.05, 0.1) is 49.9 Å². The van der Waals surface area contributed by atoms with Crippen molar-refractivity contribution in [3.05, 3.63) is 187 Å². The number of fused-ring (bicyclic) bond motifs is 9. The molecule has 0 spiro atoms. The van der Waals surface area contributed by atoms with E-state index in [-0.39, 0.29) is 0 Å². The molecule has 11 rings (SSSR count). The second kappa shape index (κ2) is 11.8. The lowest BCUT2D eigenvalue weighted by molar-refractivity contribution is 1.12. The second-order valence-electron chi connectivity index (χ2n) is 13.9. The third-order valence-corrected chi connectivity index (χ3v) is 11.1. The van der Waals surface area contributed by atoms with Crippen molar-refractivity contribution in [3.63, 3.8) is 0 Å². The van der Waals surface area contributed by atoms with Crippen LogP contribution in [0.25, 0.3) is 93.6 Å². The number of para-hydroxylation sites is 7. The number of nitrogens with zero attached hydrogens (tertiary/aromatic N) is 5. The molecule has 0 saturated heterocycles. The van der Waals surface area contributed by atoms with E-state index in [4.69, 9.17) is 0 Å². The molecule has 3 aromatic heterocycles. The van der Waals surface area contributed by atoms with E-state index in [1.807, 2.05) is 48.5 Å². The van der Waals surface area contributed by atoms with Crippen LogP contribution in [0.15, 0.2) is 176 Å². The molecule has 0 bridgehead atoms. The summed E-state index contributed by atoms with van der Waals surface area (Å²) in [7, 11) is 0. The zero-order valence-electron chi connectivity index (χ0n) is 29.5. The van der Waals surface area contributed by atoms with Gasteiger partial charge in [-0.3, -0.25) is 0 Å². The van der Waals surface area contributed by atoms with Crippen molar-refractivity contribution in [2.24, 2.45) is 0 Å². The van der Waals surface area contributed by atoms with Crippen molar-refractivity contribution in [3.8, 4) is 40.3 Å². The minimum Gasteiger partial charge on any atom is -0.309 e. The quantitative estimate of drug-likeness (QED) is 0.184. The highest BCUT2D eigenvalue weighted by molar-refractivity contribution is 6.19. The van der Waals surface area contributed by atoms with Gasteiger partial charge in [0, 0.05) is 54.8 Å². The van der Waals surface area contributed by atoms with Crippen LogP contribution in [0.5, 0.6) is 0 Å². The van der Waals surface area contributed by atoms with Crippen LogP contribution in [0.3, 0.4) is 0 Å². The van der Waals surface area contributed by atoms with Gasteiger partial charge >= 0.3 is 0 Å². The highest BCUT2D eigenvalue weighted by Crippen LogP contribution is 2.44. The fraction of sp³-hybridized carbons (Fsp3) is 0. The van der Waals surface area contributed by atoms with Gasteiger partial charge in [0.15, 0.2) is 0 Å². The molecule has 0 aliphatic rings. The minimum atomic E-state index is 0.421. The Balaban J connectivity index is 1.26. The normalized spacial score (nSPS) is 11.6. The summed E-state index contributed by atoms with van der Waals surface area (Å²) in [5.74, 6) is 0. The summed E-state index contributed by atoms with van der Waals surface area (Å²) in [6.07, 6.45) is 0. The third kappa shape index (κ3) is 4.33. The fourth-order valence-corrected chi connectivity index (χ4v) is 8.91. The van der Waals surface area contributed by atoms with Crippen molar-refractivity contribution in [2.75, 3.05) is 0 Å². The maximum Gasteiger partial charge on any atom is 0.101 e. The molecule has 0 unspecified atom stereocenters. The molecule has 0 N–H and O–H groups in total. The number of nitriles is 2. The Labute approximate surface area is 316 Å². The van der Waals surface area contributed by atoms with E-state index in [9.17, 15) is 10.5 Å². The Morgan fingerprint density at radius 3 is 1.20 bits per heavy atom. The summed E-state index contributed by atoms with van der Waals surface area (Å²) in [5.41, 5.74) is 11.5. The topological polar surface area (TPSA) is 62.4 Å². The van der Waals surface area contributed by atoms with Crippen LogP contribution in [-0.2, 0) is 0 Å². The summed E-state index contributed by atoms with van der Waals surface area (Å²) in [6.45, 7) is 0. The molecule has 0 aliphatic carbocycles. The number of benzene rings is 8. The van der Waals surface area contributed by atoms with Crippen molar-refractivity contribution in [2.45, 2.75) is 0 Å². The van der Waals surface area contributed by atoms with Crippen LogP contribution in [0, 0.1) is 22.7 Å². The SMILES string of the molecule is N#Cc1cc(-n2c3ccccc3c3ccccc32)cc(C#N)c1-n1c2ccccc2c2cccc(-c3cccc4c5ccccc5n(-c5ccccc5)c34)c21. The Kier molecular flexibility index (Phi) is 6.61. The molecule has 5 nitrogen and oxygen atoms in total. The van der Waals surface area contributed by atoms with E-state index in [1.54, 1.807) is 0 Å². The largest absolute Gasteiger partial charge is 0.309 e. The van der Waals surface area contributed by atoms with Gasteiger partial charge < -0.3 is 13.7 Å². The first-order valence-corrected chi connectivity index (χ1v) is 18.3. The van der Waals surface area contributed by atoms with Crippen LogP contribution in [0.4, 0.5) is 0 Å². The van der Waals surface area contributed by atoms with Gasteiger partial charge in [0.2, 0.25) is 0 Å². The number of rotatable bonds is 4. The summed E-state index contributed by atoms with van der Waals surface area (Å²) in [6, 6.07) is 65.8. The predicted octanol–water partition coefficient (Wildman–Crippen LogP) is 12.4. The average molecular weight is 700 g/mol. The van der Waals surface area contributed by atoms with E-state index < -0.39 is 0 Å². The summed E-state index contributed by atoms with van der Waals surface area (Å²) >= 11 is 0. The zero-order chi connectivity index (χ0) is 36.6. The first-order valence-electron chi connectivity index (χ1n) is 18.3. The Morgan fingerprint density at radius 2 is 0.709 bits per heavy atom. The molecule has 11 aromatic rings. The van der Waals surface area contributed by atoms with Gasteiger partial charge in [0.1, 0.15) is 12.1 Å². The predicted molar refractivity (Wildman–Crippen MR) is 224 cm³/mol. The molecule has 0 atom stereocenters. The molecular formula is C50H29N5. The van der Waals surface area contributed by atoms with Gasteiger partial charge in [-0.15, -0.1) is 0 Å². The van der Waals surface area contributed by atoms with Crippen molar-refractivity contribution in [1.82, 2.24) is 13.7 Å². The van der Waals surface area contributed by atoms with Crippen molar-refractivity contribution in [1.29, 1.82) is 10.5 Å². The smallest absolute Gasteiger partial charge is 0.101 e. The molecule has 5 heteroatoms. The van der Waals surface area contributed by atoms with Gasteiger partial charge in [-0.05, 0) is 48.5 Å². The highest BCUT2D eigenvalue weighted by atomic mass is 15.0. The highest BCUT2D eigenvalue weighted by Gasteiger charge is 2.25. The van der Waals surface area contributed by atoms with E-state index in [0.717, 1.165) is 82.5 Å². The molecule has 3 heterocycles. The van der Waals surface area contributed by atoms with Crippen molar-refractivity contribution >= 4 is 65.4 Å². The van der Waals surface area contributed by atoms with E-state index in [2.05, 4.69) is 153 Å². The molecule has 0 saturated carbocycles. The van der Waals surface area contributed by atoms with E-state index in [1.165, 1.54) is 5.39 Å². The molecule has 254 valence electrons. The van der Waals surface area contributed by atoms with Crippen LogP contribution in [-0.4, -0.2) is 13.7 Å². The summed E-state index contributed by atoms with van der Waals surface area (Å²) < 4.78 is 6.67. The molecule has 8 aromatic carbocycles. The Hall–Kier alpha value is -7.86. The standard InChI is InChI=1S/C50H29N5/c51-30-32-28-35(53-44-24-8-4-16-36(44)37-17-5-9-25-45(37)53)29-33(31-52)48(32)55-47-27-11-7-19-39(47)41-21-13-23-43(50(41)55)42-22-12-20-40-38-18-6-10-26-46(38)54(49(40)42)34-14-2-1-3-15-34/h1-29H. The second-order valence-corrected chi connectivity index (χ2v) is 13.9. The fourth-order valence-electron chi connectivity index (χ4n) is 8.91. The monoisotopic (exact) mass is 699 g/mol. The lowest BCUT2D eigenvalue weighted by atomic mass is 9.98. The zero-order valence-corrected chi connectivity index (χ0v) is 29.5. The molecule has 0 fully saturated rings. The molecule has 55 heavy (non-hydrogen) atoms. The van der Waals surface area contributed by atoms with E-state index in [0.29, 0.717) is 16.8 Å². The first kappa shape index (κ1) is 30.7. The van der Waals surface area contributed by atoms with E-state index >= 15 is 0 Å². The van der Waals surface area contributed by atoms with Crippen LogP contribution in [0.2, 0.25) is 0 Å². The van der Waals surface area contributed by atoms with Gasteiger partial charge in [0.25, 0.3) is 0 Å². The third-order valence-electron chi connectivity index (χ3n) is 11.1. The number of aromatic nitrogens is 3. The lowest BCUT2D eigenvalue weighted by Crippen LogP contribution is -2.05. The van der Waals surface area contributed by atoms with Crippen LogP contribution in [0.1, 0.15) is 11.1 Å².